The van der Waals surface area contributed by atoms with Gasteiger partial charge in [0, 0.05) is 26.2 Å². The Morgan fingerprint density at radius 3 is 2.46 bits per heavy atom. The zero-order valence-corrected chi connectivity index (χ0v) is 18.1. The summed E-state index contributed by atoms with van der Waals surface area (Å²) in [6, 6.07) is 6.63. The monoisotopic (exact) mass is 477 g/mol. The molecule has 0 heterocycles. The van der Waals surface area contributed by atoms with Crippen LogP contribution in [0.1, 0.15) is 51.0 Å². The number of aliphatic hydroxyl groups excluding tert-OH is 1. The van der Waals surface area contributed by atoms with Crippen molar-refractivity contribution in [2.75, 3.05) is 26.2 Å². The van der Waals surface area contributed by atoms with Gasteiger partial charge in [-0.15, -0.1) is 24.0 Å². The second kappa shape index (κ2) is 12.5. The first kappa shape index (κ1) is 23.1. The highest BCUT2D eigenvalue weighted by Crippen LogP contribution is 2.39. The van der Waals surface area contributed by atoms with Crippen molar-refractivity contribution in [1.82, 2.24) is 10.6 Å². The number of nitrogens with one attached hydrogen (secondary N) is 2. The van der Waals surface area contributed by atoms with E-state index in [-0.39, 0.29) is 41.8 Å². The van der Waals surface area contributed by atoms with E-state index in [1.54, 1.807) is 0 Å². The predicted octanol–water partition coefficient (Wildman–Crippen LogP) is 3.87. The summed E-state index contributed by atoms with van der Waals surface area (Å²) in [6.07, 6.45) is 7.76. The molecule has 0 aromatic heterocycles. The van der Waals surface area contributed by atoms with E-state index >= 15 is 0 Å². The molecule has 0 unspecified atom stereocenters. The van der Waals surface area contributed by atoms with Crippen LogP contribution in [0.25, 0.3) is 0 Å². The maximum Gasteiger partial charge on any atom is 0.191 e. The first-order valence-electron chi connectivity index (χ1n) is 9.55. The van der Waals surface area contributed by atoms with E-state index in [0.717, 1.165) is 56.8 Å². The van der Waals surface area contributed by atoms with Gasteiger partial charge in [-0.1, -0.05) is 31.4 Å². The van der Waals surface area contributed by atoms with Gasteiger partial charge in [0.15, 0.2) is 5.96 Å². The molecule has 0 aliphatic heterocycles. The van der Waals surface area contributed by atoms with Gasteiger partial charge in [0.25, 0.3) is 0 Å². The normalized spacial score (nSPS) is 16.7. The summed E-state index contributed by atoms with van der Waals surface area (Å²) >= 11 is 0. The Balaban J connectivity index is 0.00000338. The lowest BCUT2D eigenvalue weighted by atomic mass is 9.72. The molecule has 6 heteroatoms. The molecule has 4 nitrogen and oxygen atoms in total. The molecule has 1 saturated carbocycles. The number of rotatable bonds is 8. The summed E-state index contributed by atoms with van der Waals surface area (Å²) in [5.74, 6) is 0.626. The molecule has 26 heavy (non-hydrogen) atoms. The molecule has 0 saturated heterocycles. The number of aliphatic imine (C=N–C) groups is 1. The van der Waals surface area contributed by atoms with Crippen molar-refractivity contribution in [3.05, 3.63) is 35.6 Å². The number of nitrogens with zero attached hydrogens (tertiary/aromatic N) is 1. The minimum atomic E-state index is -0.201. The average Bonchev–Trinajstić information content (AvgIpc) is 2.62. The van der Waals surface area contributed by atoms with Crippen LogP contribution in [-0.4, -0.2) is 37.3 Å². The number of halogens is 2. The van der Waals surface area contributed by atoms with Crippen LogP contribution in [0.15, 0.2) is 29.3 Å². The van der Waals surface area contributed by atoms with E-state index in [1.165, 1.54) is 31.4 Å². The van der Waals surface area contributed by atoms with Gasteiger partial charge in [-0.25, -0.2) is 4.39 Å². The Morgan fingerprint density at radius 2 is 1.85 bits per heavy atom. The maximum absolute atomic E-state index is 13.0. The summed E-state index contributed by atoms with van der Waals surface area (Å²) < 4.78 is 13.0. The second-order valence-corrected chi connectivity index (χ2v) is 7.03. The van der Waals surface area contributed by atoms with Crippen molar-refractivity contribution in [3.8, 4) is 0 Å². The van der Waals surface area contributed by atoms with Crippen LogP contribution in [0.4, 0.5) is 4.39 Å². The third-order valence-corrected chi connectivity index (χ3v) is 5.09. The predicted molar refractivity (Wildman–Crippen MR) is 117 cm³/mol. The molecule has 148 valence electrons. The van der Waals surface area contributed by atoms with Gasteiger partial charge in [0.05, 0.1) is 0 Å². The fourth-order valence-corrected chi connectivity index (χ4v) is 3.59. The fraction of sp³-hybridized carbons (Fsp3) is 0.650. The number of aliphatic hydroxyl groups is 1. The Kier molecular flexibility index (Phi) is 11.1. The van der Waals surface area contributed by atoms with E-state index < -0.39 is 0 Å². The topological polar surface area (TPSA) is 56.7 Å². The highest BCUT2D eigenvalue weighted by Gasteiger charge is 2.31. The lowest BCUT2D eigenvalue weighted by molar-refractivity contribution is 0.137. The third-order valence-electron chi connectivity index (χ3n) is 5.09. The van der Waals surface area contributed by atoms with Crippen LogP contribution in [0.3, 0.4) is 0 Å². The van der Waals surface area contributed by atoms with Gasteiger partial charge >= 0.3 is 0 Å². The molecule has 1 aliphatic rings. The van der Waals surface area contributed by atoms with E-state index in [1.807, 2.05) is 12.1 Å². The summed E-state index contributed by atoms with van der Waals surface area (Å²) in [5.41, 5.74) is 1.26. The minimum absolute atomic E-state index is 0. The van der Waals surface area contributed by atoms with Crippen molar-refractivity contribution in [2.45, 2.75) is 51.9 Å². The van der Waals surface area contributed by atoms with Crippen molar-refractivity contribution in [1.29, 1.82) is 0 Å². The van der Waals surface area contributed by atoms with Gasteiger partial charge < -0.3 is 15.7 Å². The van der Waals surface area contributed by atoms with Gasteiger partial charge in [-0.05, 0) is 55.7 Å². The van der Waals surface area contributed by atoms with Crippen LogP contribution in [-0.2, 0) is 6.42 Å². The molecule has 2 rings (SSSR count). The van der Waals surface area contributed by atoms with Gasteiger partial charge in [-0.2, -0.15) is 0 Å². The highest BCUT2D eigenvalue weighted by molar-refractivity contribution is 14.0. The van der Waals surface area contributed by atoms with E-state index in [4.69, 9.17) is 4.99 Å². The molecule has 0 spiro atoms. The third kappa shape index (κ3) is 7.78. The van der Waals surface area contributed by atoms with Crippen LogP contribution in [0, 0.1) is 11.2 Å². The zero-order chi connectivity index (χ0) is 18.0. The molecule has 1 aromatic carbocycles. The molecule has 0 atom stereocenters. The van der Waals surface area contributed by atoms with E-state index in [2.05, 4.69) is 17.6 Å². The molecule has 1 fully saturated rings. The van der Waals surface area contributed by atoms with Crippen LogP contribution in [0.2, 0.25) is 0 Å². The van der Waals surface area contributed by atoms with Crippen LogP contribution >= 0.6 is 24.0 Å². The Labute approximate surface area is 174 Å². The lowest BCUT2D eigenvalue weighted by Crippen LogP contribution is -2.40. The summed E-state index contributed by atoms with van der Waals surface area (Å²) in [7, 11) is 0. The largest absolute Gasteiger partial charge is 0.396 e. The average molecular weight is 477 g/mol. The van der Waals surface area contributed by atoms with Crippen LogP contribution < -0.4 is 10.6 Å². The minimum Gasteiger partial charge on any atom is -0.396 e. The number of hydrogen-bond acceptors (Lipinski definition) is 2. The number of hydrogen-bond donors (Lipinski definition) is 3. The van der Waals surface area contributed by atoms with Crippen molar-refractivity contribution >= 4 is 29.9 Å². The Morgan fingerprint density at radius 1 is 1.15 bits per heavy atom. The lowest BCUT2D eigenvalue weighted by Gasteiger charge is -2.35. The van der Waals surface area contributed by atoms with Crippen molar-refractivity contribution in [3.63, 3.8) is 0 Å². The highest BCUT2D eigenvalue weighted by atomic mass is 127. The Bertz CT molecular complexity index is 525. The zero-order valence-electron chi connectivity index (χ0n) is 15.8. The van der Waals surface area contributed by atoms with Gasteiger partial charge in [-0.3, -0.25) is 4.99 Å². The molecule has 0 radical (unpaired) electrons. The van der Waals surface area contributed by atoms with Crippen molar-refractivity contribution in [2.24, 2.45) is 10.4 Å². The molecular weight excluding hydrogens is 444 g/mol. The number of benzene rings is 1. The van der Waals surface area contributed by atoms with Crippen LogP contribution in [0.5, 0.6) is 0 Å². The number of guanidine groups is 1. The van der Waals surface area contributed by atoms with Crippen molar-refractivity contribution < 1.29 is 9.50 Å². The quantitative estimate of drug-likeness (QED) is 0.303. The summed E-state index contributed by atoms with van der Waals surface area (Å²) in [4.78, 5) is 4.80. The van der Waals surface area contributed by atoms with Gasteiger partial charge in [0.1, 0.15) is 5.82 Å². The standard InChI is InChI=1S/C20H32FN3O.HI/c1-2-22-19(23-14-10-17-6-8-18(21)9-7-17)24-16-20(13-15-25)11-4-3-5-12-20;/h6-9,25H,2-5,10-16H2,1H3,(H2,22,23,24);1H. The van der Waals surface area contributed by atoms with Gasteiger partial charge in [0.2, 0.25) is 0 Å². The first-order chi connectivity index (χ1) is 12.2. The second-order valence-electron chi connectivity index (χ2n) is 7.03. The molecule has 1 aromatic rings. The Hall–Kier alpha value is -0.890. The van der Waals surface area contributed by atoms with E-state index in [0.29, 0.717) is 0 Å². The SMILES string of the molecule is CCNC(=NCC1(CCO)CCCCC1)NCCc1ccc(F)cc1.I. The summed E-state index contributed by atoms with van der Waals surface area (Å²) in [5, 5.41) is 16.1. The first-order valence-corrected chi connectivity index (χ1v) is 9.55. The van der Waals surface area contributed by atoms with E-state index in [9.17, 15) is 9.50 Å². The summed E-state index contributed by atoms with van der Waals surface area (Å²) in [6.45, 7) is 4.63. The molecule has 1 aliphatic carbocycles. The fourth-order valence-electron chi connectivity index (χ4n) is 3.59. The molecule has 0 amide bonds. The maximum atomic E-state index is 13.0. The molecule has 3 N–H and O–H groups in total. The molecule has 0 bridgehead atoms. The molecular formula is C20H33FIN3O. The smallest absolute Gasteiger partial charge is 0.191 e.